The van der Waals surface area contributed by atoms with E-state index in [-0.39, 0.29) is 23.2 Å². The zero-order valence-corrected chi connectivity index (χ0v) is 9.84. The van der Waals surface area contributed by atoms with Crippen molar-refractivity contribution in [2.75, 3.05) is 10.6 Å². The molecule has 0 aliphatic rings. The number of benzene rings is 1. The molecule has 0 saturated carbocycles. The number of carbonyl (C=O) groups excluding carboxylic acids is 2. The van der Waals surface area contributed by atoms with Crippen LogP contribution in [0.5, 0.6) is 5.75 Å². The van der Waals surface area contributed by atoms with E-state index in [1.54, 1.807) is 0 Å². The van der Waals surface area contributed by atoms with Gasteiger partial charge in [-0.05, 0) is 17.3 Å². The molecule has 1 aromatic heterocycles. The van der Waals surface area contributed by atoms with Crippen molar-refractivity contribution in [2.24, 2.45) is 0 Å². The minimum Gasteiger partial charge on any atom is -0.507 e. The number of nitrogens with one attached hydrogen (secondary N) is 3. The summed E-state index contributed by atoms with van der Waals surface area (Å²) in [4.78, 5) is 22.6. The lowest BCUT2D eigenvalue weighted by atomic mass is 10.1. The Morgan fingerprint density at radius 1 is 1.32 bits per heavy atom. The Kier molecular flexibility index (Phi) is 3.37. The van der Waals surface area contributed by atoms with Gasteiger partial charge < -0.3 is 10.4 Å². The van der Waals surface area contributed by atoms with Gasteiger partial charge in [-0.15, -0.1) is 5.10 Å². The fraction of sp³-hybridized carbons (Fsp3) is 0.100. The molecule has 0 fully saturated rings. The average Bonchev–Trinajstić information content (AvgIpc) is 2.80. The molecule has 0 aliphatic heterocycles. The van der Waals surface area contributed by atoms with Gasteiger partial charge in [0, 0.05) is 18.7 Å². The Labute approximate surface area is 107 Å². The van der Waals surface area contributed by atoms with Gasteiger partial charge in [0.05, 0.1) is 5.56 Å². The number of rotatable bonds is 3. The van der Waals surface area contributed by atoms with Crippen molar-refractivity contribution in [1.82, 2.24) is 20.6 Å². The van der Waals surface area contributed by atoms with Gasteiger partial charge in [0.25, 0.3) is 11.9 Å². The third kappa shape index (κ3) is 3.03. The molecule has 0 bridgehead atoms. The number of anilines is 2. The lowest BCUT2D eigenvalue weighted by Gasteiger charge is -2.06. The first kappa shape index (κ1) is 12.5. The first-order valence-electron chi connectivity index (χ1n) is 5.21. The number of aromatic amines is 1. The zero-order chi connectivity index (χ0) is 13.8. The number of aromatic nitrogens is 4. The summed E-state index contributed by atoms with van der Waals surface area (Å²) in [5, 5.41) is 27.1. The van der Waals surface area contributed by atoms with Crippen LogP contribution in [0.1, 0.15) is 17.3 Å². The number of amides is 2. The molecule has 98 valence electrons. The van der Waals surface area contributed by atoms with Crippen LogP contribution >= 0.6 is 0 Å². The largest absolute Gasteiger partial charge is 0.507 e. The molecule has 9 heteroatoms. The number of phenolic OH excluding ortho intramolecular Hbond substituents is 1. The highest BCUT2D eigenvalue weighted by Crippen LogP contribution is 2.22. The van der Waals surface area contributed by atoms with Crippen molar-refractivity contribution < 1.29 is 14.7 Å². The SMILES string of the molecule is CC(=O)Nc1ccc(C(=O)Nc2nn[nH]n2)c(O)c1. The maximum atomic E-state index is 11.8. The maximum absolute atomic E-state index is 11.8. The number of aromatic hydroxyl groups is 1. The number of phenols is 1. The molecule has 0 radical (unpaired) electrons. The summed E-state index contributed by atoms with van der Waals surface area (Å²) in [5.74, 6) is -1.14. The molecular formula is C10H10N6O3. The molecule has 2 rings (SSSR count). The van der Waals surface area contributed by atoms with Gasteiger partial charge in [-0.1, -0.05) is 5.10 Å². The Morgan fingerprint density at radius 2 is 2.11 bits per heavy atom. The molecule has 0 aliphatic carbocycles. The topological polar surface area (TPSA) is 133 Å². The average molecular weight is 262 g/mol. The predicted molar refractivity (Wildman–Crippen MR) is 64.5 cm³/mol. The summed E-state index contributed by atoms with van der Waals surface area (Å²) < 4.78 is 0. The number of tetrazole rings is 1. The number of hydrogen-bond acceptors (Lipinski definition) is 6. The van der Waals surface area contributed by atoms with Crippen LogP contribution in [-0.4, -0.2) is 37.5 Å². The molecule has 0 unspecified atom stereocenters. The van der Waals surface area contributed by atoms with Crippen molar-refractivity contribution in [3.8, 4) is 5.75 Å². The van der Waals surface area contributed by atoms with E-state index in [2.05, 4.69) is 31.3 Å². The van der Waals surface area contributed by atoms with Crippen LogP contribution in [0.2, 0.25) is 0 Å². The van der Waals surface area contributed by atoms with Crippen LogP contribution < -0.4 is 10.6 Å². The lowest BCUT2D eigenvalue weighted by Crippen LogP contribution is -2.13. The van der Waals surface area contributed by atoms with E-state index in [0.717, 1.165) is 0 Å². The van der Waals surface area contributed by atoms with Crippen LogP contribution in [-0.2, 0) is 4.79 Å². The van der Waals surface area contributed by atoms with E-state index < -0.39 is 5.91 Å². The van der Waals surface area contributed by atoms with E-state index in [0.29, 0.717) is 5.69 Å². The van der Waals surface area contributed by atoms with Crippen molar-refractivity contribution in [3.63, 3.8) is 0 Å². The Balaban J connectivity index is 2.16. The van der Waals surface area contributed by atoms with Crippen LogP contribution in [0, 0.1) is 0 Å². The molecule has 2 amide bonds. The minimum atomic E-state index is -0.590. The molecule has 0 atom stereocenters. The van der Waals surface area contributed by atoms with Crippen molar-refractivity contribution >= 4 is 23.5 Å². The summed E-state index contributed by atoms with van der Waals surface area (Å²) in [6.07, 6.45) is 0. The summed E-state index contributed by atoms with van der Waals surface area (Å²) >= 11 is 0. The predicted octanol–water partition coefficient (Wildman–Crippen LogP) is 0.116. The molecule has 1 aromatic carbocycles. The smallest absolute Gasteiger partial charge is 0.270 e. The van der Waals surface area contributed by atoms with Crippen molar-refractivity contribution in [3.05, 3.63) is 23.8 Å². The Hall–Kier alpha value is -2.97. The van der Waals surface area contributed by atoms with E-state index in [1.807, 2.05) is 0 Å². The second-order valence-electron chi connectivity index (χ2n) is 3.60. The summed E-state index contributed by atoms with van der Waals surface area (Å²) in [6.45, 7) is 1.34. The molecule has 19 heavy (non-hydrogen) atoms. The number of carbonyl (C=O) groups is 2. The van der Waals surface area contributed by atoms with Gasteiger partial charge in [-0.25, -0.2) is 0 Å². The fourth-order valence-electron chi connectivity index (χ4n) is 1.39. The van der Waals surface area contributed by atoms with Crippen LogP contribution in [0.15, 0.2) is 18.2 Å². The van der Waals surface area contributed by atoms with Crippen molar-refractivity contribution in [2.45, 2.75) is 6.92 Å². The second-order valence-corrected chi connectivity index (χ2v) is 3.60. The Bertz CT molecular complexity index is 610. The van der Waals surface area contributed by atoms with Crippen LogP contribution in [0.3, 0.4) is 0 Å². The van der Waals surface area contributed by atoms with Gasteiger partial charge >= 0.3 is 0 Å². The quantitative estimate of drug-likeness (QED) is 0.620. The molecule has 2 aromatic rings. The number of nitrogens with zero attached hydrogens (tertiary/aromatic N) is 3. The highest BCUT2D eigenvalue weighted by Gasteiger charge is 2.13. The zero-order valence-electron chi connectivity index (χ0n) is 9.84. The van der Waals surface area contributed by atoms with Gasteiger partial charge in [0.1, 0.15) is 5.75 Å². The monoisotopic (exact) mass is 262 g/mol. The number of H-pyrrole nitrogens is 1. The van der Waals surface area contributed by atoms with E-state index in [1.165, 1.54) is 25.1 Å². The van der Waals surface area contributed by atoms with Gasteiger partial charge in [0.15, 0.2) is 0 Å². The Morgan fingerprint density at radius 3 is 2.68 bits per heavy atom. The molecule has 0 saturated heterocycles. The van der Waals surface area contributed by atoms with Gasteiger partial charge in [-0.3, -0.25) is 14.9 Å². The maximum Gasteiger partial charge on any atom is 0.270 e. The normalized spacial score (nSPS) is 9.95. The van der Waals surface area contributed by atoms with E-state index in [4.69, 9.17) is 0 Å². The first-order valence-corrected chi connectivity index (χ1v) is 5.21. The van der Waals surface area contributed by atoms with Crippen molar-refractivity contribution in [1.29, 1.82) is 0 Å². The molecule has 9 nitrogen and oxygen atoms in total. The molecule has 1 heterocycles. The molecule has 0 spiro atoms. The third-order valence-corrected chi connectivity index (χ3v) is 2.13. The summed E-state index contributed by atoms with van der Waals surface area (Å²) in [5.41, 5.74) is 0.417. The molecular weight excluding hydrogens is 252 g/mol. The van der Waals surface area contributed by atoms with Crippen LogP contribution in [0.4, 0.5) is 11.6 Å². The third-order valence-electron chi connectivity index (χ3n) is 2.13. The van der Waals surface area contributed by atoms with E-state index >= 15 is 0 Å². The highest BCUT2D eigenvalue weighted by molar-refractivity contribution is 6.05. The second kappa shape index (κ2) is 5.12. The highest BCUT2D eigenvalue weighted by atomic mass is 16.3. The van der Waals surface area contributed by atoms with Gasteiger partial charge in [-0.2, -0.15) is 5.21 Å². The number of hydrogen-bond donors (Lipinski definition) is 4. The first-order chi connectivity index (χ1) is 9.06. The summed E-state index contributed by atoms with van der Waals surface area (Å²) in [7, 11) is 0. The fourth-order valence-corrected chi connectivity index (χ4v) is 1.39. The molecule has 4 N–H and O–H groups in total. The minimum absolute atomic E-state index is 0.00432. The standard InChI is InChI=1S/C10H10N6O3/c1-5(17)11-6-2-3-7(8(18)4-6)9(19)12-10-13-15-16-14-10/h2-4,18H,1H3,(H,11,17)(H2,12,13,14,15,16,19). The summed E-state index contributed by atoms with van der Waals surface area (Å²) in [6, 6.07) is 4.13. The lowest BCUT2D eigenvalue weighted by molar-refractivity contribution is -0.114. The van der Waals surface area contributed by atoms with Crippen LogP contribution in [0.25, 0.3) is 0 Å². The van der Waals surface area contributed by atoms with Gasteiger partial charge in [0.2, 0.25) is 5.91 Å². The van der Waals surface area contributed by atoms with E-state index in [9.17, 15) is 14.7 Å².